The third-order valence-electron chi connectivity index (χ3n) is 2.40. The average Bonchev–Trinajstić information content (AvgIpc) is 2.42. The molecule has 0 saturated carbocycles. The van der Waals surface area contributed by atoms with Crippen LogP contribution in [0.15, 0.2) is 0 Å². The number of carbonyl (C=O) groups is 1. The fourth-order valence-corrected chi connectivity index (χ4v) is 1.96. The molecule has 0 N–H and O–H groups in total. The Morgan fingerprint density at radius 1 is 1.33 bits per heavy atom. The highest BCUT2D eigenvalue weighted by Crippen LogP contribution is 2.28. The normalized spacial score (nSPS) is 10.9. The van der Waals surface area contributed by atoms with Crippen LogP contribution in [-0.4, -0.2) is 20.8 Å². The minimum absolute atomic E-state index is 0.406. The largest absolute Gasteiger partial charge is 0.319 e. The Balaban J connectivity index is 3.03. The summed E-state index contributed by atoms with van der Waals surface area (Å²) < 4.78 is 1.70. The van der Waals surface area contributed by atoms with Gasteiger partial charge in [-0.3, -0.25) is 4.79 Å². The van der Waals surface area contributed by atoms with Crippen molar-refractivity contribution in [3.05, 3.63) is 22.2 Å². The van der Waals surface area contributed by atoms with Crippen molar-refractivity contribution < 1.29 is 4.79 Å². The van der Waals surface area contributed by atoms with Gasteiger partial charge in [0.2, 0.25) is 0 Å². The van der Waals surface area contributed by atoms with Gasteiger partial charge in [-0.25, -0.2) is 9.97 Å². The number of carbonyl (C=O) groups excluding carboxylic acids is 1. The van der Waals surface area contributed by atoms with Crippen molar-refractivity contribution in [2.24, 2.45) is 7.05 Å². The molecule has 78 valence electrons. The zero-order valence-corrected chi connectivity index (χ0v) is 9.46. The molecule has 0 amide bonds. The molecule has 0 aromatic carbocycles. The molecule has 0 spiro atoms. The summed E-state index contributed by atoms with van der Waals surface area (Å²) in [5.41, 5.74) is 1.95. The van der Waals surface area contributed by atoms with E-state index in [1.54, 1.807) is 11.6 Å². The first-order chi connectivity index (χ1) is 7.06. The maximum absolute atomic E-state index is 10.9. The standard InChI is InChI=1S/C10H10ClN3O/c1-5-8-7(4-15)9(11)14(3)10(8)13-6(2)12-5/h4H,1-3H3. The summed E-state index contributed by atoms with van der Waals surface area (Å²) >= 11 is 6.02. The molecule has 4 nitrogen and oxygen atoms in total. The lowest BCUT2D eigenvalue weighted by Gasteiger charge is -1.99. The smallest absolute Gasteiger partial charge is 0.153 e. The number of hydrogen-bond donors (Lipinski definition) is 0. The number of nitrogens with zero attached hydrogens (tertiary/aromatic N) is 3. The molecular formula is C10H10ClN3O. The highest BCUT2D eigenvalue weighted by molar-refractivity contribution is 6.34. The van der Waals surface area contributed by atoms with Crippen LogP contribution in [0.2, 0.25) is 5.15 Å². The van der Waals surface area contributed by atoms with E-state index in [0.717, 1.165) is 17.4 Å². The van der Waals surface area contributed by atoms with E-state index in [0.29, 0.717) is 22.2 Å². The molecule has 2 aromatic rings. The molecule has 5 heteroatoms. The van der Waals surface area contributed by atoms with E-state index in [1.807, 2.05) is 13.8 Å². The minimum atomic E-state index is 0.406. The molecule has 0 aliphatic rings. The predicted molar refractivity (Wildman–Crippen MR) is 58.4 cm³/mol. The molecule has 2 heterocycles. The lowest BCUT2D eigenvalue weighted by atomic mass is 10.2. The van der Waals surface area contributed by atoms with Crippen LogP contribution in [0.25, 0.3) is 11.0 Å². The van der Waals surface area contributed by atoms with Crippen LogP contribution in [0.5, 0.6) is 0 Å². The van der Waals surface area contributed by atoms with Gasteiger partial charge < -0.3 is 4.57 Å². The van der Waals surface area contributed by atoms with Gasteiger partial charge in [-0.05, 0) is 13.8 Å². The zero-order valence-electron chi connectivity index (χ0n) is 8.71. The molecule has 2 rings (SSSR count). The van der Waals surface area contributed by atoms with E-state index < -0.39 is 0 Å². The number of rotatable bonds is 1. The highest BCUT2D eigenvalue weighted by atomic mass is 35.5. The van der Waals surface area contributed by atoms with Crippen molar-refractivity contribution in [3.8, 4) is 0 Å². The zero-order chi connectivity index (χ0) is 11.2. The lowest BCUT2D eigenvalue weighted by Crippen LogP contribution is -1.95. The van der Waals surface area contributed by atoms with E-state index in [2.05, 4.69) is 9.97 Å². The van der Waals surface area contributed by atoms with Crippen LogP contribution in [0.3, 0.4) is 0 Å². The molecule has 0 atom stereocenters. The van der Waals surface area contributed by atoms with Crippen LogP contribution in [-0.2, 0) is 7.05 Å². The van der Waals surface area contributed by atoms with Crippen molar-refractivity contribution in [1.82, 2.24) is 14.5 Å². The van der Waals surface area contributed by atoms with E-state index in [4.69, 9.17) is 11.6 Å². The first kappa shape index (κ1) is 10.1. The van der Waals surface area contributed by atoms with Crippen LogP contribution in [0.1, 0.15) is 21.9 Å². The molecule has 0 fully saturated rings. The molecule has 0 saturated heterocycles. The first-order valence-corrected chi connectivity index (χ1v) is 4.88. The van der Waals surface area contributed by atoms with Crippen LogP contribution < -0.4 is 0 Å². The molecule has 0 aliphatic carbocycles. The second-order valence-electron chi connectivity index (χ2n) is 3.44. The minimum Gasteiger partial charge on any atom is -0.319 e. The van der Waals surface area contributed by atoms with Crippen molar-refractivity contribution in [2.75, 3.05) is 0 Å². The second kappa shape index (κ2) is 3.31. The van der Waals surface area contributed by atoms with Crippen molar-refractivity contribution in [3.63, 3.8) is 0 Å². The Morgan fingerprint density at radius 3 is 2.60 bits per heavy atom. The Morgan fingerprint density at radius 2 is 2.00 bits per heavy atom. The molecule has 0 bridgehead atoms. The van der Waals surface area contributed by atoms with E-state index in [1.165, 1.54) is 0 Å². The molecule has 15 heavy (non-hydrogen) atoms. The van der Waals surface area contributed by atoms with Gasteiger partial charge in [0.05, 0.1) is 16.6 Å². The Labute approximate surface area is 91.9 Å². The predicted octanol–water partition coefficient (Wildman–Crippen LogP) is 2.05. The SMILES string of the molecule is Cc1nc(C)c2c(C=O)c(Cl)n(C)c2n1. The molecule has 0 unspecified atom stereocenters. The van der Waals surface area contributed by atoms with E-state index in [-0.39, 0.29) is 0 Å². The average molecular weight is 224 g/mol. The third-order valence-corrected chi connectivity index (χ3v) is 2.86. The van der Waals surface area contributed by atoms with Gasteiger partial charge in [0.15, 0.2) is 6.29 Å². The lowest BCUT2D eigenvalue weighted by molar-refractivity contribution is 0.112. The highest BCUT2D eigenvalue weighted by Gasteiger charge is 2.16. The second-order valence-corrected chi connectivity index (χ2v) is 3.79. The van der Waals surface area contributed by atoms with Gasteiger partial charge in [-0.1, -0.05) is 11.6 Å². The summed E-state index contributed by atoms with van der Waals surface area (Å²) in [6.07, 6.45) is 0.746. The summed E-state index contributed by atoms with van der Waals surface area (Å²) in [7, 11) is 1.78. The maximum Gasteiger partial charge on any atom is 0.153 e. The van der Waals surface area contributed by atoms with Gasteiger partial charge >= 0.3 is 0 Å². The Kier molecular flexibility index (Phi) is 2.23. The number of aryl methyl sites for hydroxylation is 3. The monoisotopic (exact) mass is 223 g/mol. The van der Waals surface area contributed by atoms with Crippen molar-refractivity contribution >= 4 is 28.9 Å². The fourth-order valence-electron chi connectivity index (χ4n) is 1.74. The summed E-state index contributed by atoms with van der Waals surface area (Å²) in [6.45, 7) is 3.66. The first-order valence-electron chi connectivity index (χ1n) is 4.50. The number of fused-ring (bicyclic) bond motifs is 1. The Hall–Kier alpha value is -1.42. The van der Waals surface area contributed by atoms with Crippen LogP contribution in [0, 0.1) is 13.8 Å². The van der Waals surface area contributed by atoms with Gasteiger partial charge in [-0.2, -0.15) is 0 Å². The summed E-state index contributed by atoms with van der Waals surface area (Å²) in [6, 6.07) is 0. The number of halogens is 1. The van der Waals surface area contributed by atoms with Gasteiger partial charge in [0.25, 0.3) is 0 Å². The van der Waals surface area contributed by atoms with E-state index in [9.17, 15) is 4.79 Å². The van der Waals surface area contributed by atoms with E-state index >= 15 is 0 Å². The van der Waals surface area contributed by atoms with Crippen LogP contribution in [0.4, 0.5) is 0 Å². The van der Waals surface area contributed by atoms with Gasteiger partial charge in [-0.15, -0.1) is 0 Å². The number of aromatic nitrogens is 3. The number of aldehydes is 1. The fraction of sp³-hybridized carbons (Fsp3) is 0.300. The summed E-state index contributed by atoms with van der Waals surface area (Å²) in [4.78, 5) is 19.4. The summed E-state index contributed by atoms with van der Waals surface area (Å²) in [5, 5.41) is 1.14. The third kappa shape index (κ3) is 1.33. The van der Waals surface area contributed by atoms with Gasteiger partial charge in [0, 0.05) is 7.05 Å². The molecule has 2 aromatic heterocycles. The Bertz CT molecular complexity index is 560. The molecular weight excluding hydrogens is 214 g/mol. The van der Waals surface area contributed by atoms with Crippen molar-refractivity contribution in [1.29, 1.82) is 0 Å². The van der Waals surface area contributed by atoms with Crippen molar-refractivity contribution in [2.45, 2.75) is 13.8 Å². The topological polar surface area (TPSA) is 47.8 Å². The number of hydrogen-bond acceptors (Lipinski definition) is 3. The maximum atomic E-state index is 10.9. The van der Waals surface area contributed by atoms with Crippen LogP contribution >= 0.6 is 11.6 Å². The molecule has 0 aliphatic heterocycles. The quantitative estimate of drug-likeness (QED) is 0.696. The van der Waals surface area contributed by atoms with Gasteiger partial charge in [0.1, 0.15) is 16.6 Å². The summed E-state index contributed by atoms with van der Waals surface area (Å²) in [5.74, 6) is 0.676. The molecule has 0 radical (unpaired) electrons.